The molecule has 0 aromatic heterocycles. The molecule has 0 rings (SSSR count). The van der Waals surface area contributed by atoms with E-state index in [1.807, 2.05) is 0 Å². The van der Waals surface area contributed by atoms with E-state index in [0.29, 0.717) is 6.42 Å². The van der Waals surface area contributed by atoms with Crippen molar-refractivity contribution < 1.29 is 37.6 Å². The maximum atomic E-state index is 12.5. The van der Waals surface area contributed by atoms with Crippen molar-refractivity contribution in [2.75, 3.05) is 20.3 Å². The van der Waals surface area contributed by atoms with Crippen molar-refractivity contribution in [2.45, 2.75) is 238 Å². The first-order valence-corrected chi connectivity index (χ1v) is 23.2. The Hall–Kier alpha value is -0.950. The highest BCUT2D eigenvalue weighted by molar-refractivity contribution is 7.47. The lowest BCUT2D eigenvalue weighted by Gasteiger charge is -2.19. The third-order valence-electron chi connectivity index (χ3n) is 9.85. The van der Waals surface area contributed by atoms with Gasteiger partial charge in [-0.2, -0.15) is 0 Å². The standard InChI is InChI=1S/C42H83O8P/c1-4-6-8-10-12-14-16-18-20-22-24-26-28-30-32-34-36-41(43)48-38-40(39-49-51(45,46)47-3)50-42(44)37-35-33-31-29-27-25-23-21-19-17-15-13-11-9-7-5-2/h40H,4-39H2,1-3H3,(H,45,46). The summed E-state index contributed by atoms with van der Waals surface area (Å²) in [6.45, 7) is 3.92. The second-order valence-corrected chi connectivity index (χ2v) is 16.4. The number of unbranched alkanes of at least 4 members (excludes halogenated alkanes) is 30. The molecule has 9 heteroatoms. The molecule has 0 spiro atoms. The third kappa shape index (κ3) is 38.6. The van der Waals surface area contributed by atoms with Gasteiger partial charge in [0.1, 0.15) is 6.61 Å². The Labute approximate surface area is 315 Å². The van der Waals surface area contributed by atoms with E-state index >= 15 is 0 Å². The summed E-state index contributed by atoms with van der Waals surface area (Å²) in [5, 5.41) is 0. The zero-order valence-electron chi connectivity index (χ0n) is 33.8. The summed E-state index contributed by atoms with van der Waals surface area (Å²) in [6.07, 6.45) is 40.1. The summed E-state index contributed by atoms with van der Waals surface area (Å²) in [6, 6.07) is 0. The van der Waals surface area contributed by atoms with Gasteiger partial charge in [0.2, 0.25) is 0 Å². The van der Waals surface area contributed by atoms with Crippen molar-refractivity contribution in [3.05, 3.63) is 0 Å². The fourth-order valence-corrected chi connectivity index (χ4v) is 6.94. The summed E-state index contributed by atoms with van der Waals surface area (Å²) in [5.74, 6) is -0.786. The molecule has 0 amide bonds. The van der Waals surface area contributed by atoms with Crippen LogP contribution in [0, 0.1) is 0 Å². The van der Waals surface area contributed by atoms with Crippen molar-refractivity contribution in [2.24, 2.45) is 0 Å². The zero-order valence-corrected chi connectivity index (χ0v) is 34.7. The molecule has 2 unspecified atom stereocenters. The van der Waals surface area contributed by atoms with Crippen LogP contribution in [0.3, 0.4) is 0 Å². The van der Waals surface area contributed by atoms with Crippen LogP contribution >= 0.6 is 7.82 Å². The van der Waals surface area contributed by atoms with Crippen LogP contribution in [0.15, 0.2) is 0 Å². The molecule has 0 radical (unpaired) electrons. The van der Waals surface area contributed by atoms with Crippen LogP contribution in [0.25, 0.3) is 0 Å². The number of rotatable bonds is 41. The smallest absolute Gasteiger partial charge is 0.462 e. The van der Waals surface area contributed by atoms with Gasteiger partial charge in [-0.25, -0.2) is 4.57 Å². The topological polar surface area (TPSA) is 108 Å². The number of phosphoric acid groups is 1. The Morgan fingerprint density at radius 1 is 0.471 bits per heavy atom. The minimum absolute atomic E-state index is 0.216. The van der Waals surface area contributed by atoms with E-state index in [-0.39, 0.29) is 19.0 Å². The Morgan fingerprint density at radius 2 is 0.765 bits per heavy atom. The number of esters is 2. The molecule has 0 saturated heterocycles. The molecule has 0 aromatic carbocycles. The molecule has 0 aromatic rings. The minimum Gasteiger partial charge on any atom is -0.462 e. The van der Waals surface area contributed by atoms with Crippen molar-refractivity contribution in [3.8, 4) is 0 Å². The van der Waals surface area contributed by atoms with Gasteiger partial charge in [0.25, 0.3) is 0 Å². The van der Waals surface area contributed by atoms with Gasteiger partial charge in [0, 0.05) is 20.0 Å². The van der Waals surface area contributed by atoms with Crippen LogP contribution in [0.4, 0.5) is 0 Å². The fourth-order valence-electron chi connectivity index (χ4n) is 6.48. The predicted molar refractivity (Wildman–Crippen MR) is 212 cm³/mol. The number of hydrogen-bond acceptors (Lipinski definition) is 7. The maximum Gasteiger partial charge on any atom is 0.472 e. The van der Waals surface area contributed by atoms with E-state index in [9.17, 15) is 19.0 Å². The molecule has 304 valence electrons. The van der Waals surface area contributed by atoms with Gasteiger partial charge in [-0.3, -0.25) is 18.6 Å². The van der Waals surface area contributed by atoms with Gasteiger partial charge in [-0.15, -0.1) is 0 Å². The first-order valence-electron chi connectivity index (χ1n) is 21.7. The van der Waals surface area contributed by atoms with E-state index in [2.05, 4.69) is 18.4 Å². The minimum atomic E-state index is -4.25. The van der Waals surface area contributed by atoms with Crippen molar-refractivity contribution in [1.29, 1.82) is 0 Å². The molecule has 51 heavy (non-hydrogen) atoms. The zero-order chi connectivity index (χ0) is 37.5. The highest BCUT2D eigenvalue weighted by Crippen LogP contribution is 2.42. The first kappa shape index (κ1) is 50.1. The molecule has 2 atom stereocenters. The van der Waals surface area contributed by atoms with Gasteiger partial charge >= 0.3 is 19.8 Å². The highest BCUT2D eigenvalue weighted by Gasteiger charge is 2.24. The normalized spacial score (nSPS) is 13.3. The molecular formula is C42H83O8P. The second-order valence-electron chi connectivity index (χ2n) is 14.8. The average molecular weight is 747 g/mol. The summed E-state index contributed by atoms with van der Waals surface area (Å²) >= 11 is 0. The van der Waals surface area contributed by atoms with Gasteiger partial charge < -0.3 is 14.4 Å². The molecule has 0 aliphatic heterocycles. The third-order valence-corrected chi connectivity index (χ3v) is 10.8. The molecule has 0 aliphatic carbocycles. The lowest BCUT2D eigenvalue weighted by Crippen LogP contribution is -2.29. The predicted octanol–water partition coefficient (Wildman–Crippen LogP) is 13.5. The second kappa shape index (κ2) is 38.8. The summed E-state index contributed by atoms with van der Waals surface area (Å²) in [7, 11) is -3.19. The molecule has 1 N–H and O–H groups in total. The van der Waals surface area contributed by atoms with Crippen molar-refractivity contribution in [1.82, 2.24) is 0 Å². The van der Waals surface area contributed by atoms with Crippen LogP contribution < -0.4 is 0 Å². The molecule has 0 aliphatic rings. The van der Waals surface area contributed by atoms with E-state index in [1.54, 1.807) is 0 Å². The fraction of sp³-hybridized carbons (Fsp3) is 0.952. The van der Waals surface area contributed by atoms with Crippen LogP contribution in [-0.4, -0.2) is 43.3 Å². The first-order chi connectivity index (χ1) is 24.8. The van der Waals surface area contributed by atoms with E-state index in [0.717, 1.165) is 45.6 Å². The van der Waals surface area contributed by atoms with Gasteiger partial charge in [0.15, 0.2) is 6.10 Å². The SMILES string of the molecule is CCCCCCCCCCCCCCCCCCC(=O)OCC(COP(=O)(O)OC)OC(=O)CCCCCCCCCCCCCCCCCC. The number of carbonyl (C=O) groups excluding carboxylic acids is 2. The average Bonchev–Trinajstić information content (AvgIpc) is 3.12. The maximum absolute atomic E-state index is 12.5. The number of ether oxygens (including phenoxy) is 2. The molecule has 0 fully saturated rings. The number of phosphoric ester groups is 1. The number of carbonyl (C=O) groups is 2. The van der Waals surface area contributed by atoms with E-state index < -0.39 is 26.5 Å². The van der Waals surface area contributed by atoms with Crippen LogP contribution in [0.5, 0.6) is 0 Å². The molecular weight excluding hydrogens is 663 g/mol. The molecule has 0 heterocycles. The summed E-state index contributed by atoms with van der Waals surface area (Å²) < 4.78 is 32.0. The van der Waals surface area contributed by atoms with E-state index in [1.165, 1.54) is 167 Å². The lowest BCUT2D eigenvalue weighted by atomic mass is 10.0. The lowest BCUT2D eigenvalue weighted by molar-refractivity contribution is -0.161. The van der Waals surface area contributed by atoms with Crippen LogP contribution in [0.2, 0.25) is 0 Å². The Bertz CT molecular complexity index is 808. The van der Waals surface area contributed by atoms with Crippen molar-refractivity contribution >= 4 is 19.8 Å². The molecule has 0 saturated carbocycles. The largest absolute Gasteiger partial charge is 0.472 e. The van der Waals surface area contributed by atoms with Gasteiger partial charge in [-0.05, 0) is 12.8 Å². The number of hydrogen-bond donors (Lipinski definition) is 1. The van der Waals surface area contributed by atoms with Gasteiger partial charge in [-0.1, -0.05) is 206 Å². The van der Waals surface area contributed by atoms with Gasteiger partial charge in [0.05, 0.1) is 6.61 Å². The Balaban J connectivity index is 3.94. The summed E-state index contributed by atoms with van der Waals surface area (Å²) in [5.41, 5.74) is 0. The molecule has 8 nitrogen and oxygen atoms in total. The monoisotopic (exact) mass is 747 g/mol. The summed E-state index contributed by atoms with van der Waals surface area (Å²) in [4.78, 5) is 34.5. The highest BCUT2D eigenvalue weighted by atomic mass is 31.2. The Kier molecular flexibility index (Phi) is 38.0. The molecule has 0 bridgehead atoms. The Morgan fingerprint density at radius 3 is 1.08 bits per heavy atom. The quantitative estimate of drug-likeness (QED) is 0.0374. The van der Waals surface area contributed by atoms with Crippen LogP contribution in [-0.2, 0) is 32.7 Å². The van der Waals surface area contributed by atoms with Crippen LogP contribution in [0.1, 0.15) is 232 Å². The van der Waals surface area contributed by atoms with E-state index in [4.69, 9.17) is 14.0 Å². The van der Waals surface area contributed by atoms with Crippen molar-refractivity contribution in [3.63, 3.8) is 0 Å².